The average molecular weight is 327 g/mol. The molecule has 1 unspecified atom stereocenters. The third-order valence-corrected chi connectivity index (χ3v) is 5.36. The molecular weight excluding hydrogens is 302 g/mol. The summed E-state index contributed by atoms with van der Waals surface area (Å²) in [6.45, 7) is 0. The number of methoxy groups -OCH3 is 1. The minimum absolute atomic E-state index is 0.0449. The summed E-state index contributed by atoms with van der Waals surface area (Å²) in [6.07, 6.45) is 5.14. The van der Waals surface area contributed by atoms with E-state index in [1.165, 1.54) is 6.42 Å². The fourth-order valence-electron chi connectivity index (χ4n) is 2.71. The standard InChI is InChI=1S/C16H25NO4S/c1-20-14-9-7-13(8-10-14)16(17)11-12-22(18,19)21-15-5-3-2-4-6-15/h7-10,15-16H,2-6,11-12,17H2,1H3. The minimum Gasteiger partial charge on any atom is -0.497 e. The molecule has 2 rings (SSSR count). The normalized spacial score (nSPS) is 18.1. The van der Waals surface area contributed by atoms with Crippen molar-refractivity contribution in [3.8, 4) is 5.75 Å². The number of benzene rings is 1. The molecule has 1 atom stereocenters. The summed E-state index contributed by atoms with van der Waals surface area (Å²) in [5.74, 6) is 0.709. The molecule has 0 spiro atoms. The number of nitrogens with two attached hydrogens (primary N) is 1. The Hall–Kier alpha value is -1.11. The van der Waals surface area contributed by atoms with E-state index in [4.69, 9.17) is 14.7 Å². The van der Waals surface area contributed by atoms with Crippen molar-refractivity contribution in [3.63, 3.8) is 0 Å². The second-order valence-electron chi connectivity index (χ2n) is 5.79. The summed E-state index contributed by atoms with van der Waals surface area (Å²) in [5.41, 5.74) is 6.96. The molecule has 0 radical (unpaired) electrons. The van der Waals surface area contributed by atoms with Crippen molar-refractivity contribution >= 4 is 10.1 Å². The quantitative estimate of drug-likeness (QED) is 0.779. The first-order chi connectivity index (χ1) is 10.5. The van der Waals surface area contributed by atoms with Crippen LogP contribution >= 0.6 is 0 Å². The molecule has 6 heteroatoms. The van der Waals surface area contributed by atoms with Gasteiger partial charge in [-0.1, -0.05) is 31.4 Å². The van der Waals surface area contributed by atoms with Gasteiger partial charge in [-0.2, -0.15) is 8.42 Å². The van der Waals surface area contributed by atoms with Crippen LogP contribution in [0.1, 0.15) is 50.1 Å². The van der Waals surface area contributed by atoms with Crippen LogP contribution in [-0.4, -0.2) is 27.4 Å². The summed E-state index contributed by atoms with van der Waals surface area (Å²) in [7, 11) is -1.90. The lowest BCUT2D eigenvalue weighted by Crippen LogP contribution is -2.24. The highest BCUT2D eigenvalue weighted by atomic mass is 32.2. The largest absolute Gasteiger partial charge is 0.497 e. The van der Waals surface area contributed by atoms with E-state index in [0.717, 1.165) is 37.0 Å². The van der Waals surface area contributed by atoms with Gasteiger partial charge in [0.05, 0.1) is 19.0 Å². The molecule has 0 heterocycles. The molecule has 1 aliphatic rings. The van der Waals surface area contributed by atoms with Crippen molar-refractivity contribution in [1.82, 2.24) is 0 Å². The van der Waals surface area contributed by atoms with Crippen LogP contribution in [-0.2, 0) is 14.3 Å². The van der Waals surface area contributed by atoms with Gasteiger partial charge in [0, 0.05) is 6.04 Å². The van der Waals surface area contributed by atoms with Crippen molar-refractivity contribution in [2.45, 2.75) is 50.7 Å². The Kier molecular flexibility index (Phi) is 6.23. The second-order valence-corrected chi connectivity index (χ2v) is 7.50. The van der Waals surface area contributed by atoms with Crippen LogP contribution in [0.15, 0.2) is 24.3 Å². The van der Waals surface area contributed by atoms with Crippen molar-refractivity contribution in [1.29, 1.82) is 0 Å². The Morgan fingerprint density at radius 3 is 2.41 bits per heavy atom. The summed E-state index contributed by atoms with van der Waals surface area (Å²) < 4.78 is 34.5. The first-order valence-corrected chi connectivity index (χ1v) is 9.38. The number of hydrogen-bond acceptors (Lipinski definition) is 5. The van der Waals surface area contributed by atoms with Gasteiger partial charge in [-0.05, 0) is 37.0 Å². The van der Waals surface area contributed by atoms with E-state index in [1.807, 2.05) is 24.3 Å². The Bertz CT molecular complexity index is 550. The molecule has 1 saturated carbocycles. The molecule has 0 aliphatic heterocycles. The third kappa shape index (κ3) is 5.26. The fraction of sp³-hybridized carbons (Fsp3) is 0.625. The summed E-state index contributed by atoms with van der Waals surface area (Å²) >= 11 is 0. The van der Waals surface area contributed by atoms with Gasteiger partial charge in [-0.25, -0.2) is 0 Å². The van der Waals surface area contributed by atoms with E-state index in [9.17, 15) is 8.42 Å². The van der Waals surface area contributed by atoms with Crippen LogP contribution in [0.25, 0.3) is 0 Å². The van der Waals surface area contributed by atoms with Crippen molar-refractivity contribution in [2.75, 3.05) is 12.9 Å². The molecule has 0 saturated heterocycles. The maximum absolute atomic E-state index is 12.0. The summed E-state index contributed by atoms with van der Waals surface area (Å²) in [4.78, 5) is 0. The van der Waals surface area contributed by atoms with Gasteiger partial charge >= 0.3 is 0 Å². The van der Waals surface area contributed by atoms with Crippen LogP contribution in [0.2, 0.25) is 0 Å². The zero-order valence-electron chi connectivity index (χ0n) is 13.0. The SMILES string of the molecule is COc1ccc(C(N)CCS(=O)(=O)OC2CCCCC2)cc1. The van der Waals surface area contributed by atoms with Crippen LogP contribution in [0.4, 0.5) is 0 Å². The Balaban J connectivity index is 1.84. The van der Waals surface area contributed by atoms with Crippen molar-refractivity contribution in [2.24, 2.45) is 5.73 Å². The molecule has 1 fully saturated rings. The molecule has 0 aromatic heterocycles. The lowest BCUT2D eigenvalue weighted by Gasteiger charge is -2.21. The highest BCUT2D eigenvalue weighted by molar-refractivity contribution is 7.86. The lowest BCUT2D eigenvalue weighted by atomic mass is 9.98. The van der Waals surface area contributed by atoms with Gasteiger partial charge < -0.3 is 10.5 Å². The van der Waals surface area contributed by atoms with Gasteiger partial charge in [0.1, 0.15) is 5.75 Å². The molecule has 0 bridgehead atoms. The summed E-state index contributed by atoms with van der Waals surface area (Å²) in [6, 6.07) is 7.04. The lowest BCUT2D eigenvalue weighted by molar-refractivity contribution is 0.162. The van der Waals surface area contributed by atoms with Crippen molar-refractivity contribution in [3.05, 3.63) is 29.8 Å². The Labute approximate surface area is 132 Å². The van der Waals surface area contributed by atoms with Gasteiger partial charge in [-0.3, -0.25) is 4.18 Å². The van der Waals surface area contributed by atoms with Crippen molar-refractivity contribution < 1.29 is 17.3 Å². The molecule has 5 nitrogen and oxygen atoms in total. The molecule has 1 aromatic rings. The predicted octanol–water partition coefficient (Wildman–Crippen LogP) is 2.76. The first-order valence-electron chi connectivity index (χ1n) is 7.80. The van der Waals surface area contributed by atoms with Crippen LogP contribution in [0, 0.1) is 0 Å². The van der Waals surface area contributed by atoms with E-state index in [1.54, 1.807) is 7.11 Å². The summed E-state index contributed by atoms with van der Waals surface area (Å²) in [5, 5.41) is 0. The molecule has 0 amide bonds. The van der Waals surface area contributed by atoms with Gasteiger partial charge in [-0.15, -0.1) is 0 Å². The van der Waals surface area contributed by atoms with E-state index >= 15 is 0 Å². The van der Waals surface area contributed by atoms with Gasteiger partial charge in [0.2, 0.25) is 0 Å². The van der Waals surface area contributed by atoms with E-state index in [0.29, 0.717) is 6.42 Å². The molecular formula is C16H25NO4S. The molecule has 22 heavy (non-hydrogen) atoms. The Morgan fingerprint density at radius 1 is 1.18 bits per heavy atom. The number of hydrogen-bond donors (Lipinski definition) is 1. The highest BCUT2D eigenvalue weighted by Crippen LogP contribution is 2.23. The molecule has 1 aromatic carbocycles. The first kappa shape index (κ1) is 17.2. The topological polar surface area (TPSA) is 78.6 Å². The molecule has 1 aliphatic carbocycles. The molecule has 2 N–H and O–H groups in total. The van der Waals surface area contributed by atoms with Crippen LogP contribution < -0.4 is 10.5 Å². The zero-order valence-corrected chi connectivity index (χ0v) is 13.8. The maximum Gasteiger partial charge on any atom is 0.267 e. The van der Waals surface area contributed by atoms with Crippen LogP contribution in [0.3, 0.4) is 0 Å². The van der Waals surface area contributed by atoms with Gasteiger partial charge in [0.25, 0.3) is 10.1 Å². The monoisotopic (exact) mass is 327 g/mol. The maximum atomic E-state index is 12.0. The fourth-order valence-corrected chi connectivity index (χ4v) is 3.95. The smallest absolute Gasteiger partial charge is 0.267 e. The second kappa shape index (κ2) is 7.94. The number of rotatable bonds is 7. The Morgan fingerprint density at radius 2 is 1.82 bits per heavy atom. The van der Waals surface area contributed by atoms with Gasteiger partial charge in [0.15, 0.2) is 0 Å². The molecule has 124 valence electrons. The zero-order chi connectivity index (χ0) is 16.0. The average Bonchev–Trinajstić information content (AvgIpc) is 2.53. The minimum atomic E-state index is -3.50. The van der Waals surface area contributed by atoms with E-state index in [-0.39, 0.29) is 17.9 Å². The van der Waals surface area contributed by atoms with E-state index < -0.39 is 10.1 Å². The third-order valence-electron chi connectivity index (χ3n) is 4.06. The van der Waals surface area contributed by atoms with Crippen LogP contribution in [0.5, 0.6) is 5.75 Å². The predicted molar refractivity (Wildman–Crippen MR) is 86.3 cm³/mol. The number of ether oxygens (including phenoxy) is 1. The van der Waals surface area contributed by atoms with E-state index in [2.05, 4.69) is 0 Å². The highest BCUT2D eigenvalue weighted by Gasteiger charge is 2.22.